The molecule has 1 N–H and O–H groups in total. The molecule has 0 saturated carbocycles. The third-order valence-corrected chi connectivity index (χ3v) is 5.53. The maximum absolute atomic E-state index is 11.3. The molecule has 0 aliphatic carbocycles. The summed E-state index contributed by atoms with van der Waals surface area (Å²) in [5, 5.41) is 9.31. The summed E-state index contributed by atoms with van der Waals surface area (Å²) >= 11 is 0. The molecule has 1 heterocycles. The number of rotatable bonds is 6. The van der Waals surface area contributed by atoms with Crippen molar-refractivity contribution in [2.24, 2.45) is 5.92 Å². The zero-order chi connectivity index (χ0) is 21.8. The van der Waals surface area contributed by atoms with Gasteiger partial charge in [0.05, 0.1) is 7.11 Å². The highest BCUT2D eigenvalue weighted by Gasteiger charge is 2.33. The Labute approximate surface area is 181 Å². The lowest BCUT2D eigenvalue weighted by molar-refractivity contribution is 0.154. The van der Waals surface area contributed by atoms with Crippen molar-refractivity contribution >= 4 is 6.09 Å². The van der Waals surface area contributed by atoms with Gasteiger partial charge >= 0.3 is 6.09 Å². The minimum absolute atomic E-state index is 0.117. The summed E-state index contributed by atoms with van der Waals surface area (Å²) in [6.45, 7) is 3.09. The monoisotopic (exact) mass is 419 g/mol. The second-order valence-electron chi connectivity index (χ2n) is 7.67. The van der Waals surface area contributed by atoms with Crippen molar-refractivity contribution in [3.63, 3.8) is 0 Å². The summed E-state index contributed by atoms with van der Waals surface area (Å²) in [5.74, 6) is 3.70. The molecular weight excluding hydrogens is 394 g/mol. The number of nitrogens with zero attached hydrogens (tertiary/aromatic N) is 1. The molecule has 0 spiro atoms. The van der Waals surface area contributed by atoms with Crippen LogP contribution in [-0.2, 0) is 0 Å². The lowest BCUT2D eigenvalue weighted by atomic mass is 9.90. The van der Waals surface area contributed by atoms with Crippen LogP contribution in [0.25, 0.3) is 0 Å². The van der Waals surface area contributed by atoms with Crippen LogP contribution in [-0.4, -0.2) is 36.3 Å². The molecule has 1 saturated heterocycles. The Morgan fingerprint density at radius 1 is 0.871 bits per heavy atom. The third-order valence-electron chi connectivity index (χ3n) is 5.53. The second kappa shape index (κ2) is 9.00. The summed E-state index contributed by atoms with van der Waals surface area (Å²) in [6, 6.07) is 22.8. The fraction of sp³-hybridized carbons (Fsp3) is 0.240. The van der Waals surface area contributed by atoms with Crippen LogP contribution in [0.15, 0.2) is 72.8 Å². The van der Waals surface area contributed by atoms with Gasteiger partial charge in [-0.1, -0.05) is 31.2 Å². The molecule has 0 aromatic heterocycles. The van der Waals surface area contributed by atoms with E-state index >= 15 is 0 Å². The summed E-state index contributed by atoms with van der Waals surface area (Å²) in [4.78, 5) is 12.8. The van der Waals surface area contributed by atoms with Crippen molar-refractivity contribution in [2.45, 2.75) is 12.8 Å². The SMILES string of the molecule is COc1ccc([C@H]2CN(C(=O)O)C[C@H]2C)cc1Oc1ccc(Oc2ccccc2)cc1. The van der Waals surface area contributed by atoms with Crippen LogP contribution < -0.4 is 14.2 Å². The van der Waals surface area contributed by atoms with Gasteiger partial charge in [0.25, 0.3) is 0 Å². The number of hydrogen-bond donors (Lipinski definition) is 1. The number of benzene rings is 3. The number of carboxylic acid groups (broad SMARTS) is 1. The minimum atomic E-state index is -0.878. The number of methoxy groups -OCH3 is 1. The molecule has 1 amide bonds. The maximum atomic E-state index is 11.3. The smallest absolute Gasteiger partial charge is 0.407 e. The van der Waals surface area contributed by atoms with E-state index in [1.165, 1.54) is 4.90 Å². The molecule has 4 rings (SSSR count). The summed E-state index contributed by atoms with van der Waals surface area (Å²) in [7, 11) is 1.60. The van der Waals surface area contributed by atoms with Crippen LogP contribution in [0.3, 0.4) is 0 Å². The van der Waals surface area contributed by atoms with E-state index in [9.17, 15) is 9.90 Å². The maximum Gasteiger partial charge on any atom is 0.407 e. The lowest BCUT2D eigenvalue weighted by Gasteiger charge is -2.18. The van der Waals surface area contributed by atoms with Gasteiger partial charge in [-0.15, -0.1) is 0 Å². The first-order valence-electron chi connectivity index (χ1n) is 10.2. The average molecular weight is 419 g/mol. The van der Waals surface area contributed by atoms with Gasteiger partial charge in [-0.05, 0) is 60.0 Å². The molecule has 0 bridgehead atoms. The first-order valence-corrected chi connectivity index (χ1v) is 10.2. The molecule has 31 heavy (non-hydrogen) atoms. The lowest BCUT2D eigenvalue weighted by Crippen LogP contribution is -2.26. The number of ether oxygens (including phenoxy) is 3. The van der Waals surface area contributed by atoms with Gasteiger partial charge in [0, 0.05) is 19.0 Å². The first-order chi connectivity index (χ1) is 15.0. The van der Waals surface area contributed by atoms with E-state index in [1.807, 2.05) is 72.8 Å². The number of likely N-dealkylation sites (tertiary alicyclic amines) is 1. The highest BCUT2D eigenvalue weighted by Crippen LogP contribution is 2.39. The standard InChI is InChI=1S/C25H25NO5/c1-17-15-26(25(27)28)16-22(17)18-8-13-23(29-2)24(14-18)31-21-11-9-20(10-12-21)30-19-6-4-3-5-7-19/h3-14,17,22H,15-16H2,1-2H3,(H,27,28)/t17-,22+/m1/s1. The molecule has 0 radical (unpaired) electrons. The van der Waals surface area contributed by atoms with Gasteiger partial charge in [-0.25, -0.2) is 4.79 Å². The highest BCUT2D eigenvalue weighted by molar-refractivity contribution is 5.65. The number of hydrogen-bond acceptors (Lipinski definition) is 4. The van der Waals surface area contributed by atoms with E-state index < -0.39 is 6.09 Å². The summed E-state index contributed by atoms with van der Waals surface area (Å²) in [5.41, 5.74) is 1.04. The Hall–Kier alpha value is -3.67. The Balaban J connectivity index is 1.51. The van der Waals surface area contributed by atoms with Gasteiger partial charge in [0.1, 0.15) is 17.2 Å². The van der Waals surface area contributed by atoms with Gasteiger partial charge < -0.3 is 24.2 Å². The van der Waals surface area contributed by atoms with E-state index in [0.29, 0.717) is 36.1 Å². The molecule has 6 heteroatoms. The van der Waals surface area contributed by atoms with E-state index in [4.69, 9.17) is 14.2 Å². The third kappa shape index (κ3) is 4.74. The zero-order valence-electron chi connectivity index (χ0n) is 17.5. The Kier molecular flexibility index (Phi) is 5.98. The Morgan fingerprint density at radius 2 is 1.52 bits per heavy atom. The first kappa shape index (κ1) is 20.6. The van der Waals surface area contributed by atoms with Crippen LogP contribution in [0.2, 0.25) is 0 Å². The molecule has 1 aliphatic heterocycles. The van der Waals surface area contributed by atoms with Gasteiger partial charge in [-0.3, -0.25) is 0 Å². The van der Waals surface area contributed by atoms with Crippen molar-refractivity contribution < 1.29 is 24.1 Å². The summed E-state index contributed by atoms with van der Waals surface area (Å²) in [6.07, 6.45) is -0.878. The van der Waals surface area contributed by atoms with Crippen LogP contribution in [0.5, 0.6) is 28.7 Å². The highest BCUT2D eigenvalue weighted by atomic mass is 16.5. The number of para-hydroxylation sites is 1. The largest absolute Gasteiger partial charge is 0.493 e. The fourth-order valence-corrected chi connectivity index (χ4v) is 3.89. The fourth-order valence-electron chi connectivity index (χ4n) is 3.89. The predicted molar refractivity (Wildman–Crippen MR) is 118 cm³/mol. The van der Waals surface area contributed by atoms with Crippen molar-refractivity contribution in [1.29, 1.82) is 0 Å². The topological polar surface area (TPSA) is 68.2 Å². The Bertz CT molecular complexity index is 1040. The van der Waals surface area contributed by atoms with Crippen molar-refractivity contribution in [2.75, 3.05) is 20.2 Å². The van der Waals surface area contributed by atoms with Crippen molar-refractivity contribution in [3.8, 4) is 28.7 Å². The molecule has 2 atom stereocenters. The van der Waals surface area contributed by atoms with E-state index in [2.05, 4.69) is 6.92 Å². The van der Waals surface area contributed by atoms with E-state index in [1.54, 1.807) is 7.11 Å². The van der Waals surface area contributed by atoms with Crippen LogP contribution in [0, 0.1) is 5.92 Å². The van der Waals surface area contributed by atoms with Crippen LogP contribution >= 0.6 is 0 Å². The van der Waals surface area contributed by atoms with E-state index in [-0.39, 0.29) is 11.8 Å². The molecular formula is C25H25NO5. The Morgan fingerprint density at radius 3 is 2.13 bits per heavy atom. The van der Waals surface area contributed by atoms with Crippen LogP contribution in [0.4, 0.5) is 4.79 Å². The minimum Gasteiger partial charge on any atom is -0.493 e. The van der Waals surface area contributed by atoms with Gasteiger partial charge in [-0.2, -0.15) is 0 Å². The second-order valence-corrected chi connectivity index (χ2v) is 7.67. The summed E-state index contributed by atoms with van der Waals surface area (Å²) < 4.78 is 17.4. The van der Waals surface area contributed by atoms with Crippen LogP contribution in [0.1, 0.15) is 18.4 Å². The molecule has 3 aromatic rings. The number of carbonyl (C=O) groups is 1. The number of amides is 1. The van der Waals surface area contributed by atoms with Crippen molar-refractivity contribution in [3.05, 3.63) is 78.4 Å². The molecule has 1 fully saturated rings. The molecule has 0 unspecified atom stereocenters. The molecule has 6 nitrogen and oxygen atoms in total. The molecule has 1 aliphatic rings. The average Bonchev–Trinajstić information content (AvgIpc) is 3.18. The quantitative estimate of drug-likeness (QED) is 0.531. The predicted octanol–water partition coefficient (Wildman–Crippen LogP) is 5.99. The van der Waals surface area contributed by atoms with Crippen molar-refractivity contribution in [1.82, 2.24) is 4.90 Å². The normalized spacial score (nSPS) is 17.9. The molecule has 160 valence electrons. The zero-order valence-corrected chi connectivity index (χ0v) is 17.5. The molecule has 3 aromatic carbocycles. The van der Waals surface area contributed by atoms with Gasteiger partial charge in [0.15, 0.2) is 11.5 Å². The van der Waals surface area contributed by atoms with E-state index in [0.717, 1.165) is 11.3 Å². The van der Waals surface area contributed by atoms with Gasteiger partial charge in [0.2, 0.25) is 0 Å².